The molecule has 0 aromatic heterocycles. The number of ketones is 2. The van der Waals surface area contributed by atoms with Crippen LogP contribution in [0.2, 0.25) is 0 Å². The monoisotopic (exact) mass is 309 g/mol. The van der Waals surface area contributed by atoms with Crippen LogP contribution in [-0.4, -0.2) is 37.8 Å². The van der Waals surface area contributed by atoms with Crippen LogP contribution < -0.4 is 4.90 Å². The third kappa shape index (κ3) is 3.77. The first kappa shape index (κ1) is 17.1. The van der Waals surface area contributed by atoms with E-state index in [9.17, 15) is 31.5 Å². The van der Waals surface area contributed by atoms with E-state index in [1.54, 1.807) is 19.0 Å². The highest BCUT2D eigenvalue weighted by Gasteiger charge is 2.62. The Balaban J connectivity index is 2.84. The van der Waals surface area contributed by atoms with Crippen molar-refractivity contribution in [1.82, 2.24) is 0 Å². The van der Waals surface area contributed by atoms with Crippen LogP contribution in [0.1, 0.15) is 16.8 Å². The first-order chi connectivity index (χ1) is 9.46. The van der Waals surface area contributed by atoms with Gasteiger partial charge in [0.2, 0.25) is 5.78 Å². The van der Waals surface area contributed by atoms with Gasteiger partial charge in [-0.3, -0.25) is 9.59 Å². The van der Waals surface area contributed by atoms with E-state index in [-0.39, 0.29) is 5.56 Å². The summed E-state index contributed by atoms with van der Waals surface area (Å²) in [5.41, 5.74) is 0.602. The molecular formula is C13H12F5NO2. The molecule has 8 heteroatoms. The van der Waals surface area contributed by atoms with E-state index in [2.05, 4.69) is 0 Å². The van der Waals surface area contributed by atoms with Gasteiger partial charge in [-0.1, -0.05) is 0 Å². The molecule has 1 aromatic rings. The Bertz CT molecular complexity index is 534. The van der Waals surface area contributed by atoms with Gasteiger partial charge in [0.25, 0.3) is 0 Å². The van der Waals surface area contributed by atoms with Gasteiger partial charge in [-0.05, 0) is 24.3 Å². The van der Waals surface area contributed by atoms with Gasteiger partial charge in [-0.15, -0.1) is 0 Å². The molecule has 1 rings (SSSR count). The highest BCUT2D eigenvalue weighted by molar-refractivity contribution is 6.10. The molecule has 0 aliphatic rings. The highest BCUT2D eigenvalue weighted by Crippen LogP contribution is 2.37. The second-order valence-corrected chi connectivity index (χ2v) is 4.54. The number of halogens is 5. The lowest BCUT2D eigenvalue weighted by atomic mass is 10.0. The number of rotatable bonds is 5. The summed E-state index contributed by atoms with van der Waals surface area (Å²) in [6.45, 7) is 0. The van der Waals surface area contributed by atoms with E-state index in [1.165, 1.54) is 24.3 Å². The molecule has 0 amide bonds. The van der Waals surface area contributed by atoms with Crippen molar-refractivity contribution in [3.63, 3.8) is 0 Å². The van der Waals surface area contributed by atoms with Gasteiger partial charge in [0.15, 0.2) is 5.78 Å². The molecule has 0 fully saturated rings. The average molecular weight is 309 g/mol. The van der Waals surface area contributed by atoms with Crippen LogP contribution in [-0.2, 0) is 4.79 Å². The maximum atomic E-state index is 12.7. The minimum absolute atomic E-state index is 0.105. The van der Waals surface area contributed by atoms with Crippen LogP contribution in [0.25, 0.3) is 0 Å². The minimum atomic E-state index is -6.00. The third-order valence-electron chi connectivity index (χ3n) is 2.73. The van der Waals surface area contributed by atoms with Gasteiger partial charge in [0.05, 0.1) is 6.42 Å². The van der Waals surface area contributed by atoms with Crippen molar-refractivity contribution in [1.29, 1.82) is 0 Å². The smallest absolute Gasteiger partial charge is 0.378 e. The van der Waals surface area contributed by atoms with E-state index >= 15 is 0 Å². The van der Waals surface area contributed by atoms with Gasteiger partial charge < -0.3 is 4.90 Å². The normalized spacial score (nSPS) is 12.1. The second-order valence-electron chi connectivity index (χ2n) is 4.54. The Morgan fingerprint density at radius 2 is 1.48 bits per heavy atom. The molecule has 0 aliphatic carbocycles. The Morgan fingerprint density at radius 3 is 1.86 bits per heavy atom. The van der Waals surface area contributed by atoms with Crippen LogP contribution in [0.4, 0.5) is 27.6 Å². The van der Waals surface area contributed by atoms with E-state index in [1.807, 2.05) is 0 Å². The predicted octanol–water partition coefficient (Wildman–Crippen LogP) is 3.09. The molecular weight excluding hydrogens is 297 g/mol. The molecule has 0 aliphatic heterocycles. The lowest BCUT2D eigenvalue weighted by molar-refractivity contribution is -0.268. The number of anilines is 1. The first-order valence-electron chi connectivity index (χ1n) is 5.75. The van der Waals surface area contributed by atoms with E-state index in [4.69, 9.17) is 0 Å². The molecule has 0 spiro atoms. The zero-order valence-corrected chi connectivity index (χ0v) is 11.2. The summed E-state index contributed by atoms with van der Waals surface area (Å²) >= 11 is 0. The molecule has 116 valence electrons. The fraction of sp³-hybridized carbons (Fsp3) is 0.385. The number of nitrogens with zero attached hydrogens (tertiary/aromatic N) is 1. The number of hydrogen-bond donors (Lipinski definition) is 0. The largest absolute Gasteiger partial charge is 0.461 e. The number of alkyl halides is 5. The molecule has 0 saturated carbocycles. The second kappa shape index (κ2) is 5.79. The molecule has 21 heavy (non-hydrogen) atoms. The number of benzene rings is 1. The van der Waals surface area contributed by atoms with Gasteiger partial charge in [0.1, 0.15) is 0 Å². The van der Waals surface area contributed by atoms with Crippen molar-refractivity contribution >= 4 is 17.3 Å². The molecule has 0 radical (unpaired) electrons. The third-order valence-corrected chi connectivity index (χ3v) is 2.73. The first-order valence-corrected chi connectivity index (χ1v) is 5.75. The highest BCUT2D eigenvalue weighted by atomic mass is 19.4. The van der Waals surface area contributed by atoms with Crippen molar-refractivity contribution in [3.8, 4) is 0 Å². The summed E-state index contributed by atoms with van der Waals surface area (Å²) in [5, 5.41) is 0. The van der Waals surface area contributed by atoms with Crippen LogP contribution in [0.5, 0.6) is 0 Å². The molecule has 0 atom stereocenters. The Morgan fingerprint density at radius 1 is 1.00 bits per heavy atom. The molecule has 1 aromatic carbocycles. The molecule has 3 nitrogen and oxygen atoms in total. The standard InChI is InChI=1S/C13H12F5NO2/c1-19(2)9-5-3-8(4-6-9)10(20)7-11(21)12(14,15)13(16,17)18/h3-6H,7H2,1-2H3. The van der Waals surface area contributed by atoms with Crippen molar-refractivity contribution in [2.24, 2.45) is 0 Å². The van der Waals surface area contributed by atoms with Crippen LogP contribution >= 0.6 is 0 Å². The number of carbonyl (C=O) groups is 2. The number of Topliss-reactive ketones (excluding diaryl/α,β-unsaturated/α-hetero) is 2. The lowest BCUT2D eigenvalue weighted by Crippen LogP contribution is -2.44. The summed E-state index contributed by atoms with van der Waals surface area (Å²) in [6.07, 6.45) is -7.51. The predicted molar refractivity (Wildman–Crippen MR) is 65.7 cm³/mol. The maximum Gasteiger partial charge on any atom is 0.461 e. The summed E-state index contributed by atoms with van der Waals surface area (Å²) < 4.78 is 61.4. The zero-order valence-electron chi connectivity index (χ0n) is 11.2. The molecule has 0 saturated heterocycles. The van der Waals surface area contributed by atoms with E-state index in [0.717, 1.165) is 0 Å². The quantitative estimate of drug-likeness (QED) is 0.476. The summed E-state index contributed by atoms with van der Waals surface area (Å²) in [6, 6.07) is 5.49. The fourth-order valence-electron chi connectivity index (χ4n) is 1.46. The molecule has 0 bridgehead atoms. The van der Waals surface area contributed by atoms with Gasteiger partial charge in [-0.2, -0.15) is 22.0 Å². The average Bonchev–Trinajstić information content (AvgIpc) is 2.37. The molecule has 0 heterocycles. The van der Waals surface area contributed by atoms with Crippen molar-refractivity contribution in [3.05, 3.63) is 29.8 Å². The fourth-order valence-corrected chi connectivity index (χ4v) is 1.46. The van der Waals surface area contributed by atoms with Crippen molar-refractivity contribution < 1.29 is 31.5 Å². The summed E-state index contributed by atoms with van der Waals surface area (Å²) in [5.74, 6) is -9.07. The van der Waals surface area contributed by atoms with Crippen LogP contribution in [0.3, 0.4) is 0 Å². The zero-order chi connectivity index (χ0) is 16.4. The van der Waals surface area contributed by atoms with Gasteiger partial charge in [0, 0.05) is 25.3 Å². The SMILES string of the molecule is CN(C)c1ccc(C(=O)CC(=O)C(F)(F)C(F)(F)F)cc1. The van der Waals surface area contributed by atoms with E-state index < -0.39 is 30.1 Å². The summed E-state index contributed by atoms with van der Waals surface area (Å²) in [4.78, 5) is 24.3. The lowest BCUT2D eigenvalue weighted by Gasteiger charge is -2.17. The topological polar surface area (TPSA) is 37.4 Å². The van der Waals surface area contributed by atoms with Crippen molar-refractivity contribution in [2.75, 3.05) is 19.0 Å². The summed E-state index contributed by atoms with van der Waals surface area (Å²) in [7, 11) is 3.45. The molecule has 0 N–H and O–H groups in total. The van der Waals surface area contributed by atoms with Gasteiger partial charge >= 0.3 is 12.1 Å². The Hall–Kier alpha value is -1.99. The van der Waals surface area contributed by atoms with Crippen LogP contribution in [0.15, 0.2) is 24.3 Å². The number of hydrogen-bond acceptors (Lipinski definition) is 3. The maximum absolute atomic E-state index is 12.7. The molecule has 0 unspecified atom stereocenters. The van der Waals surface area contributed by atoms with Crippen LogP contribution in [0, 0.1) is 0 Å². The van der Waals surface area contributed by atoms with E-state index in [0.29, 0.717) is 5.69 Å². The minimum Gasteiger partial charge on any atom is -0.378 e. The number of carbonyl (C=O) groups excluding carboxylic acids is 2. The van der Waals surface area contributed by atoms with Crippen molar-refractivity contribution in [2.45, 2.75) is 18.5 Å². The Labute approximate surface area is 117 Å². The Kier molecular flexibility index (Phi) is 4.70. The van der Waals surface area contributed by atoms with Gasteiger partial charge in [-0.25, -0.2) is 0 Å².